The lowest BCUT2D eigenvalue weighted by Crippen LogP contribution is -2.59. The molecule has 0 aromatic heterocycles. The Kier molecular flexibility index (Phi) is 5.87. The summed E-state index contributed by atoms with van der Waals surface area (Å²) >= 11 is 0. The standard InChI is InChI=1S/C16H19NO4/c1-3-10-16(14(18)19,15(20)21)17(11-4-2)12-13-8-6-5-7-9-13/h3-9H,1-2,10-12H2,(H,18,19)(H,20,21). The molecule has 0 atom stereocenters. The van der Waals surface area contributed by atoms with Crippen molar-refractivity contribution in [3.05, 3.63) is 61.2 Å². The van der Waals surface area contributed by atoms with Crippen LogP contribution < -0.4 is 0 Å². The van der Waals surface area contributed by atoms with Crippen LogP contribution in [0.2, 0.25) is 0 Å². The summed E-state index contributed by atoms with van der Waals surface area (Å²) in [4.78, 5) is 24.7. The number of aliphatic carboxylic acids is 2. The maximum absolute atomic E-state index is 11.7. The molecular formula is C16H19NO4. The molecular weight excluding hydrogens is 270 g/mol. The number of carbonyl (C=O) groups is 2. The van der Waals surface area contributed by atoms with Gasteiger partial charge in [0.05, 0.1) is 0 Å². The highest BCUT2D eigenvalue weighted by atomic mass is 16.4. The maximum Gasteiger partial charge on any atom is 0.336 e. The lowest BCUT2D eigenvalue weighted by molar-refractivity contribution is -0.167. The third-order valence-corrected chi connectivity index (χ3v) is 3.25. The van der Waals surface area contributed by atoms with Crippen LogP contribution in [0.4, 0.5) is 0 Å². The summed E-state index contributed by atoms with van der Waals surface area (Å²) in [6, 6.07) is 9.11. The Morgan fingerprint density at radius 2 is 1.67 bits per heavy atom. The molecule has 0 spiro atoms. The molecule has 0 fully saturated rings. The molecule has 2 N–H and O–H groups in total. The second kappa shape index (κ2) is 7.40. The number of carboxylic acids is 2. The molecule has 1 rings (SSSR count). The van der Waals surface area contributed by atoms with Gasteiger partial charge >= 0.3 is 11.9 Å². The fourth-order valence-corrected chi connectivity index (χ4v) is 2.19. The Balaban J connectivity index is 3.24. The number of nitrogens with zero attached hydrogens (tertiary/aromatic N) is 1. The van der Waals surface area contributed by atoms with Crippen molar-refractivity contribution in [3.63, 3.8) is 0 Å². The smallest absolute Gasteiger partial charge is 0.336 e. The molecule has 1 aromatic carbocycles. The molecule has 1 aromatic rings. The summed E-state index contributed by atoms with van der Waals surface area (Å²) in [5.41, 5.74) is -1.22. The van der Waals surface area contributed by atoms with Crippen molar-refractivity contribution < 1.29 is 19.8 Å². The molecule has 0 amide bonds. The number of hydrogen-bond acceptors (Lipinski definition) is 3. The minimum Gasteiger partial charge on any atom is -0.479 e. The van der Waals surface area contributed by atoms with E-state index >= 15 is 0 Å². The normalized spacial score (nSPS) is 11.1. The van der Waals surface area contributed by atoms with Gasteiger partial charge < -0.3 is 10.2 Å². The fraction of sp³-hybridized carbons (Fsp3) is 0.250. The summed E-state index contributed by atoms with van der Waals surface area (Å²) in [6.45, 7) is 7.40. The zero-order chi connectivity index (χ0) is 15.9. The van der Waals surface area contributed by atoms with E-state index < -0.39 is 17.5 Å². The molecule has 112 valence electrons. The van der Waals surface area contributed by atoms with E-state index in [9.17, 15) is 19.8 Å². The quantitative estimate of drug-likeness (QED) is 0.538. The van der Waals surface area contributed by atoms with Gasteiger partial charge in [-0.05, 0) is 5.56 Å². The molecule has 0 radical (unpaired) electrons. The van der Waals surface area contributed by atoms with Gasteiger partial charge in [-0.15, -0.1) is 13.2 Å². The molecule has 0 aliphatic heterocycles. The monoisotopic (exact) mass is 289 g/mol. The van der Waals surface area contributed by atoms with Crippen LogP contribution in [-0.4, -0.2) is 39.1 Å². The van der Waals surface area contributed by atoms with Gasteiger partial charge in [0, 0.05) is 19.5 Å². The predicted octanol–water partition coefficient (Wildman–Crippen LogP) is 2.16. The van der Waals surface area contributed by atoms with E-state index in [0.717, 1.165) is 5.56 Å². The van der Waals surface area contributed by atoms with E-state index in [4.69, 9.17) is 0 Å². The largest absolute Gasteiger partial charge is 0.479 e. The molecule has 0 unspecified atom stereocenters. The Hall–Kier alpha value is -2.40. The summed E-state index contributed by atoms with van der Waals surface area (Å²) < 4.78 is 0. The van der Waals surface area contributed by atoms with E-state index in [1.54, 1.807) is 0 Å². The van der Waals surface area contributed by atoms with Crippen molar-refractivity contribution in [2.24, 2.45) is 0 Å². The lowest BCUT2D eigenvalue weighted by Gasteiger charge is -2.36. The minimum absolute atomic E-state index is 0.140. The van der Waals surface area contributed by atoms with Gasteiger partial charge in [-0.2, -0.15) is 0 Å². The van der Waals surface area contributed by atoms with Gasteiger partial charge in [0.15, 0.2) is 0 Å². The van der Waals surface area contributed by atoms with E-state index in [2.05, 4.69) is 13.2 Å². The molecule has 5 nitrogen and oxygen atoms in total. The van der Waals surface area contributed by atoms with Crippen LogP contribution in [0.15, 0.2) is 55.6 Å². The molecule has 0 aliphatic rings. The summed E-state index contributed by atoms with van der Waals surface area (Å²) in [7, 11) is 0. The molecule has 0 bridgehead atoms. The average molecular weight is 289 g/mol. The van der Waals surface area contributed by atoms with Crippen molar-refractivity contribution >= 4 is 11.9 Å². The molecule has 0 saturated heterocycles. The molecule has 0 heterocycles. The third kappa shape index (κ3) is 3.58. The predicted molar refractivity (Wildman–Crippen MR) is 79.9 cm³/mol. The highest BCUT2D eigenvalue weighted by molar-refractivity contribution is 6.03. The fourth-order valence-electron chi connectivity index (χ4n) is 2.19. The Labute approximate surface area is 123 Å². The van der Waals surface area contributed by atoms with Crippen LogP contribution in [-0.2, 0) is 16.1 Å². The second-order valence-electron chi connectivity index (χ2n) is 4.62. The van der Waals surface area contributed by atoms with Crippen molar-refractivity contribution in [3.8, 4) is 0 Å². The van der Waals surface area contributed by atoms with Gasteiger partial charge in [0.2, 0.25) is 5.54 Å². The van der Waals surface area contributed by atoms with Gasteiger partial charge in [-0.3, -0.25) is 4.90 Å². The van der Waals surface area contributed by atoms with E-state index in [-0.39, 0.29) is 19.5 Å². The summed E-state index contributed by atoms with van der Waals surface area (Å²) in [6.07, 6.45) is 2.61. The number of hydrogen-bond donors (Lipinski definition) is 2. The molecule has 0 aliphatic carbocycles. The summed E-state index contributed by atoms with van der Waals surface area (Å²) in [5.74, 6) is -2.82. The number of carboxylic acid groups (broad SMARTS) is 2. The third-order valence-electron chi connectivity index (χ3n) is 3.25. The highest BCUT2D eigenvalue weighted by Crippen LogP contribution is 2.24. The first-order chi connectivity index (χ1) is 9.98. The van der Waals surface area contributed by atoms with Crippen LogP contribution in [0.1, 0.15) is 12.0 Å². The Morgan fingerprint density at radius 3 is 2.10 bits per heavy atom. The van der Waals surface area contributed by atoms with Gasteiger partial charge in [-0.25, -0.2) is 9.59 Å². The summed E-state index contributed by atoms with van der Waals surface area (Å²) in [5, 5.41) is 19.0. The van der Waals surface area contributed by atoms with Crippen LogP contribution >= 0.6 is 0 Å². The van der Waals surface area contributed by atoms with Crippen molar-refractivity contribution in [1.82, 2.24) is 4.90 Å². The Morgan fingerprint density at radius 1 is 1.10 bits per heavy atom. The molecule has 5 heteroatoms. The SMILES string of the molecule is C=CCN(Cc1ccccc1)C(CC=C)(C(=O)O)C(=O)O. The van der Waals surface area contributed by atoms with Crippen LogP contribution in [0.25, 0.3) is 0 Å². The first kappa shape index (κ1) is 16.7. The van der Waals surface area contributed by atoms with Crippen LogP contribution in [0.3, 0.4) is 0 Å². The van der Waals surface area contributed by atoms with Gasteiger partial charge in [0.1, 0.15) is 0 Å². The van der Waals surface area contributed by atoms with Crippen molar-refractivity contribution in [2.75, 3.05) is 6.54 Å². The van der Waals surface area contributed by atoms with E-state index in [0.29, 0.717) is 0 Å². The van der Waals surface area contributed by atoms with Gasteiger partial charge in [0.25, 0.3) is 0 Å². The number of rotatable bonds is 9. The first-order valence-electron chi connectivity index (χ1n) is 6.46. The Bertz CT molecular complexity index is 510. The average Bonchev–Trinajstić information content (AvgIpc) is 2.44. The minimum atomic E-state index is -2.05. The topological polar surface area (TPSA) is 77.8 Å². The lowest BCUT2D eigenvalue weighted by atomic mass is 9.92. The second-order valence-corrected chi connectivity index (χ2v) is 4.62. The van der Waals surface area contributed by atoms with Crippen molar-refractivity contribution in [1.29, 1.82) is 0 Å². The van der Waals surface area contributed by atoms with E-state index in [1.807, 2.05) is 30.3 Å². The maximum atomic E-state index is 11.7. The van der Waals surface area contributed by atoms with E-state index in [1.165, 1.54) is 17.1 Å². The zero-order valence-corrected chi connectivity index (χ0v) is 11.7. The molecule has 21 heavy (non-hydrogen) atoms. The van der Waals surface area contributed by atoms with Crippen LogP contribution in [0, 0.1) is 0 Å². The first-order valence-corrected chi connectivity index (χ1v) is 6.46. The zero-order valence-electron chi connectivity index (χ0n) is 11.7. The number of benzene rings is 1. The highest BCUT2D eigenvalue weighted by Gasteiger charge is 2.50. The molecule has 0 saturated carbocycles. The van der Waals surface area contributed by atoms with Gasteiger partial charge in [-0.1, -0.05) is 42.5 Å². The van der Waals surface area contributed by atoms with Crippen molar-refractivity contribution in [2.45, 2.75) is 18.5 Å². The van der Waals surface area contributed by atoms with Crippen LogP contribution in [0.5, 0.6) is 0 Å².